The topological polar surface area (TPSA) is 49.3 Å². The minimum absolute atomic E-state index is 0.0999. The average molecular weight is 220 g/mol. The lowest BCUT2D eigenvalue weighted by atomic mass is 10.3. The lowest BCUT2D eigenvalue weighted by Crippen LogP contribution is -2.28. The number of aliphatic hydroxyl groups is 1. The molecule has 0 fully saturated rings. The number of rotatable bonds is 3. The molecule has 1 rings (SSSR count). The molecule has 1 aromatic rings. The van der Waals surface area contributed by atoms with Gasteiger partial charge in [0.25, 0.3) is 0 Å². The van der Waals surface area contributed by atoms with Gasteiger partial charge in [0, 0.05) is 4.88 Å². The standard InChI is InChI=1S/C8H10ClNO2S/c1-5(10-8(12)4-11)6-2-3-7(9)13-6/h2-3,5,11H,4H2,1H3,(H,10,12)/t5-/m0/s1. The summed E-state index contributed by atoms with van der Waals surface area (Å²) in [6.45, 7) is 1.36. The second-order valence-corrected chi connectivity index (χ2v) is 4.34. The van der Waals surface area contributed by atoms with Crippen molar-refractivity contribution >= 4 is 28.8 Å². The minimum atomic E-state index is -0.483. The number of nitrogens with one attached hydrogen (secondary N) is 1. The number of carbonyl (C=O) groups is 1. The first-order valence-electron chi connectivity index (χ1n) is 3.79. The summed E-state index contributed by atoms with van der Waals surface area (Å²) >= 11 is 7.15. The fourth-order valence-corrected chi connectivity index (χ4v) is 1.98. The van der Waals surface area contributed by atoms with Crippen LogP contribution in [0.25, 0.3) is 0 Å². The van der Waals surface area contributed by atoms with Crippen molar-refractivity contribution in [3.05, 3.63) is 21.3 Å². The fraction of sp³-hybridized carbons (Fsp3) is 0.375. The van der Waals surface area contributed by atoms with Crippen LogP contribution in [0.1, 0.15) is 17.8 Å². The summed E-state index contributed by atoms with van der Waals surface area (Å²) in [4.78, 5) is 11.8. The molecular formula is C8H10ClNO2S. The van der Waals surface area contributed by atoms with E-state index in [9.17, 15) is 4.79 Å². The Bertz CT molecular complexity index is 300. The number of aliphatic hydroxyl groups excluding tert-OH is 1. The van der Waals surface area contributed by atoms with E-state index in [2.05, 4.69) is 5.32 Å². The molecule has 0 aromatic carbocycles. The molecule has 13 heavy (non-hydrogen) atoms. The highest BCUT2D eigenvalue weighted by Gasteiger charge is 2.10. The summed E-state index contributed by atoms with van der Waals surface area (Å²) in [5.41, 5.74) is 0. The van der Waals surface area contributed by atoms with Crippen molar-refractivity contribution in [2.75, 3.05) is 6.61 Å². The second-order valence-electron chi connectivity index (χ2n) is 2.59. The quantitative estimate of drug-likeness (QED) is 0.811. The second kappa shape index (κ2) is 4.60. The van der Waals surface area contributed by atoms with Crippen molar-refractivity contribution < 1.29 is 9.90 Å². The van der Waals surface area contributed by atoms with Gasteiger partial charge < -0.3 is 10.4 Å². The van der Waals surface area contributed by atoms with E-state index in [1.165, 1.54) is 11.3 Å². The van der Waals surface area contributed by atoms with Crippen molar-refractivity contribution in [1.29, 1.82) is 0 Å². The Balaban J connectivity index is 2.58. The Labute approximate surface area is 85.3 Å². The molecule has 0 radical (unpaired) electrons. The van der Waals surface area contributed by atoms with E-state index in [0.717, 1.165) is 4.88 Å². The zero-order valence-corrected chi connectivity index (χ0v) is 8.65. The predicted octanol–water partition coefficient (Wildman–Crippen LogP) is 1.57. The fourth-order valence-electron chi connectivity index (χ4n) is 0.919. The summed E-state index contributed by atoms with van der Waals surface area (Å²) in [7, 11) is 0. The highest BCUT2D eigenvalue weighted by molar-refractivity contribution is 7.16. The number of halogens is 1. The number of carbonyl (C=O) groups excluding carboxylic acids is 1. The lowest BCUT2D eigenvalue weighted by molar-refractivity contribution is -0.124. The van der Waals surface area contributed by atoms with Gasteiger partial charge in [-0.15, -0.1) is 11.3 Å². The summed E-state index contributed by atoms with van der Waals surface area (Å²) in [5, 5.41) is 11.1. The number of thiophene rings is 1. The molecule has 0 bridgehead atoms. The Morgan fingerprint density at radius 3 is 2.92 bits per heavy atom. The van der Waals surface area contributed by atoms with Crippen LogP contribution in [0.3, 0.4) is 0 Å². The van der Waals surface area contributed by atoms with Gasteiger partial charge in [-0.05, 0) is 19.1 Å². The molecule has 1 atom stereocenters. The first-order chi connectivity index (χ1) is 6.13. The molecule has 0 aliphatic heterocycles. The van der Waals surface area contributed by atoms with E-state index in [4.69, 9.17) is 16.7 Å². The molecule has 0 spiro atoms. The molecule has 0 aliphatic rings. The number of hydrogen-bond donors (Lipinski definition) is 2. The molecule has 1 amide bonds. The third-order valence-electron chi connectivity index (χ3n) is 1.54. The summed E-state index contributed by atoms with van der Waals surface area (Å²) in [5.74, 6) is -0.378. The van der Waals surface area contributed by atoms with Crippen molar-refractivity contribution in [3.8, 4) is 0 Å². The van der Waals surface area contributed by atoms with Gasteiger partial charge in [0.1, 0.15) is 6.61 Å². The molecule has 2 N–H and O–H groups in total. The van der Waals surface area contributed by atoms with Crippen LogP contribution in [0.2, 0.25) is 4.34 Å². The number of amides is 1. The first-order valence-corrected chi connectivity index (χ1v) is 4.98. The van der Waals surface area contributed by atoms with Crippen LogP contribution in [-0.2, 0) is 4.79 Å². The Kier molecular flexibility index (Phi) is 3.71. The van der Waals surface area contributed by atoms with Crippen LogP contribution in [0.5, 0.6) is 0 Å². The highest BCUT2D eigenvalue weighted by Crippen LogP contribution is 2.26. The maximum absolute atomic E-state index is 10.8. The van der Waals surface area contributed by atoms with Crippen molar-refractivity contribution in [1.82, 2.24) is 5.32 Å². The first kappa shape index (κ1) is 10.5. The minimum Gasteiger partial charge on any atom is -0.387 e. The molecule has 72 valence electrons. The molecule has 0 saturated carbocycles. The van der Waals surface area contributed by atoms with Crippen LogP contribution < -0.4 is 5.32 Å². The predicted molar refractivity (Wildman–Crippen MR) is 53.0 cm³/mol. The zero-order valence-electron chi connectivity index (χ0n) is 7.08. The Morgan fingerprint density at radius 1 is 1.77 bits per heavy atom. The van der Waals surface area contributed by atoms with Crippen molar-refractivity contribution in [3.63, 3.8) is 0 Å². The van der Waals surface area contributed by atoms with Gasteiger partial charge in [0.15, 0.2) is 0 Å². The summed E-state index contributed by atoms with van der Waals surface area (Å²) in [6, 6.07) is 3.54. The van der Waals surface area contributed by atoms with Crippen LogP contribution >= 0.6 is 22.9 Å². The van der Waals surface area contributed by atoms with Gasteiger partial charge in [0.05, 0.1) is 10.4 Å². The van der Waals surface area contributed by atoms with Crippen LogP contribution in [0, 0.1) is 0 Å². The smallest absolute Gasteiger partial charge is 0.246 e. The van der Waals surface area contributed by atoms with E-state index < -0.39 is 6.61 Å². The summed E-state index contributed by atoms with van der Waals surface area (Å²) < 4.78 is 0.695. The molecular weight excluding hydrogens is 210 g/mol. The molecule has 5 heteroatoms. The van der Waals surface area contributed by atoms with E-state index >= 15 is 0 Å². The Morgan fingerprint density at radius 2 is 2.46 bits per heavy atom. The van der Waals surface area contributed by atoms with E-state index in [1.54, 1.807) is 6.07 Å². The van der Waals surface area contributed by atoms with Crippen LogP contribution in [0.4, 0.5) is 0 Å². The van der Waals surface area contributed by atoms with Crippen LogP contribution in [0.15, 0.2) is 12.1 Å². The van der Waals surface area contributed by atoms with Gasteiger partial charge in [0.2, 0.25) is 5.91 Å². The molecule has 0 saturated heterocycles. The Hall–Kier alpha value is -0.580. The van der Waals surface area contributed by atoms with Gasteiger partial charge >= 0.3 is 0 Å². The molecule has 3 nitrogen and oxygen atoms in total. The van der Waals surface area contributed by atoms with Gasteiger partial charge in [-0.25, -0.2) is 0 Å². The average Bonchev–Trinajstić information content (AvgIpc) is 2.51. The largest absolute Gasteiger partial charge is 0.387 e. The molecule has 0 unspecified atom stereocenters. The zero-order chi connectivity index (χ0) is 9.84. The van der Waals surface area contributed by atoms with Gasteiger partial charge in [-0.2, -0.15) is 0 Å². The van der Waals surface area contributed by atoms with E-state index in [-0.39, 0.29) is 11.9 Å². The highest BCUT2D eigenvalue weighted by atomic mass is 35.5. The van der Waals surface area contributed by atoms with Crippen molar-refractivity contribution in [2.24, 2.45) is 0 Å². The van der Waals surface area contributed by atoms with Gasteiger partial charge in [-0.3, -0.25) is 4.79 Å². The van der Waals surface area contributed by atoms with E-state index in [0.29, 0.717) is 4.34 Å². The monoisotopic (exact) mass is 219 g/mol. The van der Waals surface area contributed by atoms with E-state index in [1.807, 2.05) is 13.0 Å². The maximum atomic E-state index is 10.8. The molecule has 0 aliphatic carbocycles. The third kappa shape index (κ3) is 2.99. The molecule has 1 heterocycles. The molecule has 1 aromatic heterocycles. The lowest BCUT2D eigenvalue weighted by Gasteiger charge is -2.10. The van der Waals surface area contributed by atoms with Crippen LogP contribution in [-0.4, -0.2) is 17.6 Å². The SMILES string of the molecule is C[C@H](NC(=O)CO)c1ccc(Cl)s1. The summed E-state index contributed by atoms with van der Waals surface area (Å²) in [6.07, 6.45) is 0. The normalized spacial score (nSPS) is 12.5. The van der Waals surface area contributed by atoms with Gasteiger partial charge in [-0.1, -0.05) is 11.6 Å². The van der Waals surface area contributed by atoms with Crippen molar-refractivity contribution in [2.45, 2.75) is 13.0 Å². The maximum Gasteiger partial charge on any atom is 0.246 e. The number of hydrogen-bond acceptors (Lipinski definition) is 3. The third-order valence-corrected chi connectivity index (χ3v) is 2.96.